The molecular formula is C22H23FN4O6. The molecule has 2 aliphatic heterocycles. The number of carbonyl (C=O) groups is 1. The zero-order valence-electron chi connectivity index (χ0n) is 17.9. The van der Waals surface area contributed by atoms with Gasteiger partial charge in [-0.2, -0.15) is 0 Å². The summed E-state index contributed by atoms with van der Waals surface area (Å²) in [6.07, 6.45) is -0.740. The summed E-state index contributed by atoms with van der Waals surface area (Å²) in [6.45, 7) is 0.201. The van der Waals surface area contributed by atoms with Crippen LogP contribution in [0.25, 0.3) is 11.0 Å². The van der Waals surface area contributed by atoms with Crippen LogP contribution in [-0.4, -0.2) is 66.1 Å². The lowest BCUT2D eigenvalue weighted by Crippen LogP contribution is -2.59. The molecule has 3 aromatic rings. The number of benzene rings is 2. The Morgan fingerprint density at radius 3 is 2.79 bits per heavy atom. The van der Waals surface area contributed by atoms with E-state index in [9.17, 15) is 14.3 Å². The van der Waals surface area contributed by atoms with Crippen molar-refractivity contribution in [2.45, 2.75) is 30.6 Å². The second-order valence-electron chi connectivity index (χ2n) is 7.84. The summed E-state index contributed by atoms with van der Waals surface area (Å²) >= 11 is 0. The number of halogens is 1. The van der Waals surface area contributed by atoms with Crippen LogP contribution in [0.3, 0.4) is 0 Å². The number of amides is 2. The Kier molecular flexibility index (Phi) is 5.52. The van der Waals surface area contributed by atoms with Gasteiger partial charge in [0, 0.05) is 17.8 Å². The molecule has 0 radical (unpaired) electrons. The van der Waals surface area contributed by atoms with E-state index in [0.29, 0.717) is 22.5 Å². The maximum absolute atomic E-state index is 13.4. The van der Waals surface area contributed by atoms with Gasteiger partial charge in [-0.3, -0.25) is 0 Å². The number of aliphatic hydroxyl groups excluding tert-OH is 1. The topological polar surface area (TPSA) is 116 Å². The molecule has 10 nitrogen and oxygen atoms in total. The number of hydrogen-bond donors (Lipinski definition) is 3. The minimum atomic E-state index is -1.06. The van der Waals surface area contributed by atoms with Gasteiger partial charge in [-0.15, -0.1) is 0 Å². The maximum atomic E-state index is 13.4. The van der Waals surface area contributed by atoms with E-state index in [0.717, 1.165) is 0 Å². The van der Waals surface area contributed by atoms with Crippen molar-refractivity contribution in [2.75, 3.05) is 26.1 Å². The lowest BCUT2D eigenvalue weighted by Gasteiger charge is -2.39. The van der Waals surface area contributed by atoms with Crippen LogP contribution in [0.4, 0.5) is 14.9 Å². The average molecular weight is 458 g/mol. The number of anilines is 1. The summed E-state index contributed by atoms with van der Waals surface area (Å²) in [5, 5.41) is 16.6. The van der Waals surface area contributed by atoms with Gasteiger partial charge in [0.1, 0.15) is 24.1 Å². The second kappa shape index (κ2) is 8.50. The first-order valence-corrected chi connectivity index (χ1v) is 10.3. The van der Waals surface area contributed by atoms with Crippen LogP contribution < -0.4 is 20.1 Å². The first kappa shape index (κ1) is 21.4. The normalized spacial score (nSPS) is 26.2. The van der Waals surface area contributed by atoms with Crippen molar-refractivity contribution in [1.29, 1.82) is 0 Å². The van der Waals surface area contributed by atoms with E-state index < -0.39 is 42.4 Å². The van der Waals surface area contributed by atoms with Gasteiger partial charge in [0.15, 0.2) is 17.8 Å². The number of hydrogen-bond acceptors (Lipinski definition) is 7. The number of nitrogens with zero attached hydrogens (tertiary/aromatic N) is 2. The monoisotopic (exact) mass is 458 g/mol. The third kappa shape index (κ3) is 3.84. The Morgan fingerprint density at radius 1 is 1.24 bits per heavy atom. The van der Waals surface area contributed by atoms with E-state index in [1.54, 1.807) is 29.1 Å². The van der Waals surface area contributed by atoms with E-state index in [4.69, 9.17) is 18.9 Å². The molecule has 0 unspecified atom stereocenters. The first-order valence-electron chi connectivity index (χ1n) is 10.3. The minimum absolute atomic E-state index is 0.201. The average Bonchev–Trinajstić information content (AvgIpc) is 3.41. The SMILES string of the molecule is COc1cc2ncn([C@H]3[C@@H]4OC[C@@H](O4)[C@@H](NC(=O)Nc4cccc(F)c4)[C@@H]3O)c2cc1OC. The molecule has 11 heteroatoms. The van der Waals surface area contributed by atoms with Crippen molar-refractivity contribution in [3.05, 3.63) is 48.5 Å². The van der Waals surface area contributed by atoms with Gasteiger partial charge in [-0.25, -0.2) is 14.2 Å². The molecule has 5 atom stereocenters. The molecule has 0 saturated carbocycles. The highest BCUT2D eigenvalue weighted by atomic mass is 19.1. The third-order valence-electron chi connectivity index (χ3n) is 5.91. The number of imidazole rings is 1. The number of urea groups is 1. The molecule has 2 saturated heterocycles. The summed E-state index contributed by atoms with van der Waals surface area (Å²) < 4.78 is 37.6. The van der Waals surface area contributed by atoms with Crippen molar-refractivity contribution in [3.8, 4) is 11.5 Å². The van der Waals surface area contributed by atoms with E-state index in [1.165, 1.54) is 32.4 Å². The van der Waals surface area contributed by atoms with Gasteiger partial charge < -0.3 is 39.3 Å². The summed E-state index contributed by atoms with van der Waals surface area (Å²) in [4.78, 5) is 17.0. The molecule has 3 heterocycles. The molecule has 2 aliphatic rings. The summed E-state index contributed by atoms with van der Waals surface area (Å²) in [5.74, 6) is 0.564. The van der Waals surface area contributed by atoms with Crippen LogP contribution in [-0.2, 0) is 9.47 Å². The molecule has 2 fully saturated rings. The lowest BCUT2D eigenvalue weighted by molar-refractivity contribution is -0.162. The van der Waals surface area contributed by atoms with Crippen LogP contribution in [0.1, 0.15) is 6.04 Å². The summed E-state index contributed by atoms with van der Waals surface area (Å²) in [6, 6.07) is 6.96. The number of ether oxygens (including phenoxy) is 4. The number of rotatable bonds is 5. The van der Waals surface area contributed by atoms with Crippen molar-refractivity contribution in [3.63, 3.8) is 0 Å². The predicted molar refractivity (Wildman–Crippen MR) is 115 cm³/mol. The Labute approximate surface area is 188 Å². The van der Waals surface area contributed by atoms with Gasteiger partial charge in [0.25, 0.3) is 0 Å². The quantitative estimate of drug-likeness (QED) is 0.536. The molecular weight excluding hydrogens is 435 g/mol. The zero-order valence-corrected chi connectivity index (χ0v) is 17.9. The van der Waals surface area contributed by atoms with Gasteiger partial charge in [-0.1, -0.05) is 6.07 Å². The molecule has 174 valence electrons. The van der Waals surface area contributed by atoms with Crippen molar-refractivity contribution >= 4 is 22.8 Å². The lowest BCUT2D eigenvalue weighted by atomic mass is 9.95. The highest BCUT2D eigenvalue weighted by Gasteiger charge is 2.51. The van der Waals surface area contributed by atoms with Gasteiger partial charge in [-0.05, 0) is 18.2 Å². The number of methoxy groups -OCH3 is 2. The molecule has 2 aromatic carbocycles. The molecule has 5 rings (SSSR count). The minimum Gasteiger partial charge on any atom is -0.493 e. The fourth-order valence-corrected chi connectivity index (χ4v) is 4.35. The van der Waals surface area contributed by atoms with Crippen molar-refractivity contribution in [2.24, 2.45) is 0 Å². The number of carbonyl (C=O) groups excluding carboxylic acids is 1. The molecule has 33 heavy (non-hydrogen) atoms. The number of nitrogens with one attached hydrogen (secondary N) is 2. The van der Waals surface area contributed by atoms with E-state index in [-0.39, 0.29) is 12.3 Å². The standard InChI is InChI=1S/C22H23FN4O6/c1-30-15-7-13-14(8-16(15)31-2)27(10-24-13)19-20(28)18(17-9-32-21(19)33-17)26-22(29)25-12-5-3-4-11(23)6-12/h3-8,10,17-21,28H,9H2,1-2H3,(H2,25,26,29)/t17-,18-,19-,20+,21-/m1/s1. The number of fused-ring (bicyclic) bond motifs is 3. The van der Waals surface area contributed by atoms with Crippen LogP contribution in [0, 0.1) is 5.82 Å². The fourth-order valence-electron chi connectivity index (χ4n) is 4.35. The van der Waals surface area contributed by atoms with Gasteiger partial charge >= 0.3 is 6.03 Å². The molecule has 3 N–H and O–H groups in total. The maximum Gasteiger partial charge on any atom is 0.319 e. The molecule has 2 amide bonds. The van der Waals surface area contributed by atoms with Crippen LogP contribution in [0.15, 0.2) is 42.7 Å². The molecule has 1 aromatic heterocycles. The largest absolute Gasteiger partial charge is 0.493 e. The Balaban J connectivity index is 1.42. The molecule has 0 spiro atoms. The Hall–Kier alpha value is -3.41. The van der Waals surface area contributed by atoms with Crippen LogP contribution >= 0.6 is 0 Å². The van der Waals surface area contributed by atoms with Gasteiger partial charge in [0.2, 0.25) is 0 Å². The fraction of sp³-hybridized carbons (Fsp3) is 0.364. The van der Waals surface area contributed by atoms with Crippen LogP contribution in [0.2, 0.25) is 0 Å². The molecule has 2 bridgehead atoms. The van der Waals surface area contributed by atoms with Crippen LogP contribution in [0.5, 0.6) is 11.5 Å². The van der Waals surface area contributed by atoms with E-state index in [2.05, 4.69) is 15.6 Å². The predicted octanol–water partition coefficient (Wildman–Crippen LogP) is 2.04. The number of aliphatic hydroxyl groups is 1. The van der Waals surface area contributed by atoms with Crippen molar-refractivity contribution < 1.29 is 33.2 Å². The molecule has 0 aliphatic carbocycles. The summed E-state index contributed by atoms with van der Waals surface area (Å²) in [5.41, 5.74) is 1.60. The zero-order chi connectivity index (χ0) is 23.1. The Morgan fingerprint density at radius 2 is 2.03 bits per heavy atom. The first-order chi connectivity index (χ1) is 16.0. The van der Waals surface area contributed by atoms with Crippen molar-refractivity contribution in [1.82, 2.24) is 14.9 Å². The highest BCUT2D eigenvalue weighted by Crippen LogP contribution is 2.39. The number of aromatic nitrogens is 2. The third-order valence-corrected chi connectivity index (χ3v) is 5.91. The highest BCUT2D eigenvalue weighted by molar-refractivity contribution is 5.89. The smallest absolute Gasteiger partial charge is 0.319 e. The van der Waals surface area contributed by atoms with Gasteiger partial charge in [0.05, 0.1) is 44.2 Å². The summed E-state index contributed by atoms with van der Waals surface area (Å²) in [7, 11) is 3.07. The Bertz CT molecular complexity index is 1190. The van der Waals surface area contributed by atoms with E-state index >= 15 is 0 Å². The van der Waals surface area contributed by atoms with E-state index in [1.807, 2.05) is 0 Å². The second-order valence-corrected chi connectivity index (χ2v) is 7.84.